The van der Waals surface area contributed by atoms with Crippen molar-refractivity contribution >= 4 is 15.9 Å². The number of piperidine rings is 1. The first-order chi connectivity index (χ1) is 13.7. The van der Waals surface area contributed by atoms with Gasteiger partial charge in [-0.25, -0.2) is 17.2 Å². The molecule has 2 unspecified atom stereocenters. The standard InChI is InChI=1S/C21H24F2N2O3S/c1-14-6-3-4-11-25(14)29(27,28)18-8-5-7-16(12-18)21(26)24-15(2)19-10-9-17(22)13-20(19)23/h5,7-10,12-15H,3-4,6,11H2,1-2H3,(H,24,26). The summed E-state index contributed by atoms with van der Waals surface area (Å²) >= 11 is 0. The van der Waals surface area contributed by atoms with E-state index in [9.17, 15) is 22.0 Å². The van der Waals surface area contributed by atoms with Crippen LogP contribution in [0.25, 0.3) is 0 Å². The van der Waals surface area contributed by atoms with Crippen LogP contribution in [0.1, 0.15) is 55.1 Å². The first-order valence-electron chi connectivity index (χ1n) is 9.58. The first kappa shape index (κ1) is 21.4. The van der Waals surface area contributed by atoms with Gasteiger partial charge in [0, 0.05) is 29.8 Å². The van der Waals surface area contributed by atoms with Gasteiger partial charge in [-0.2, -0.15) is 4.31 Å². The van der Waals surface area contributed by atoms with Crippen LogP contribution in [0.15, 0.2) is 47.4 Å². The van der Waals surface area contributed by atoms with Crippen LogP contribution in [0.4, 0.5) is 8.78 Å². The molecule has 1 amide bonds. The first-order valence-corrected chi connectivity index (χ1v) is 11.0. The van der Waals surface area contributed by atoms with Crippen LogP contribution in [0.3, 0.4) is 0 Å². The molecule has 0 aromatic heterocycles. The zero-order chi connectivity index (χ0) is 21.2. The van der Waals surface area contributed by atoms with Gasteiger partial charge in [0.1, 0.15) is 11.6 Å². The number of rotatable bonds is 5. The maximum Gasteiger partial charge on any atom is 0.251 e. The maximum absolute atomic E-state index is 13.9. The fourth-order valence-corrected chi connectivity index (χ4v) is 5.32. The number of nitrogens with one attached hydrogen (secondary N) is 1. The van der Waals surface area contributed by atoms with E-state index in [2.05, 4.69) is 5.32 Å². The Balaban J connectivity index is 1.80. The molecule has 0 saturated carbocycles. The SMILES string of the molecule is CC(NC(=O)c1cccc(S(=O)(=O)N2CCCCC2C)c1)c1ccc(F)cc1F. The van der Waals surface area contributed by atoms with Gasteiger partial charge in [-0.05, 0) is 51.0 Å². The summed E-state index contributed by atoms with van der Waals surface area (Å²) in [6.07, 6.45) is 2.61. The number of amides is 1. The molecule has 2 atom stereocenters. The molecule has 1 heterocycles. The molecule has 8 heteroatoms. The minimum absolute atomic E-state index is 0.0551. The van der Waals surface area contributed by atoms with Crippen molar-refractivity contribution in [3.63, 3.8) is 0 Å². The van der Waals surface area contributed by atoms with E-state index in [4.69, 9.17) is 0 Å². The summed E-state index contributed by atoms with van der Waals surface area (Å²) < 4.78 is 54.5. The zero-order valence-electron chi connectivity index (χ0n) is 16.4. The van der Waals surface area contributed by atoms with Gasteiger partial charge in [0.05, 0.1) is 10.9 Å². The predicted octanol–water partition coefficient (Wildman–Crippen LogP) is 4.02. The smallest absolute Gasteiger partial charge is 0.251 e. The third kappa shape index (κ3) is 4.64. The Morgan fingerprint density at radius 2 is 1.93 bits per heavy atom. The van der Waals surface area contributed by atoms with Crippen LogP contribution in [0.5, 0.6) is 0 Å². The molecule has 1 aliphatic heterocycles. The molecule has 29 heavy (non-hydrogen) atoms. The lowest BCUT2D eigenvalue weighted by molar-refractivity contribution is 0.0939. The maximum atomic E-state index is 13.9. The van der Waals surface area contributed by atoms with Crippen LogP contribution in [0.2, 0.25) is 0 Å². The summed E-state index contributed by atoms with van der Waals surface area (Å²) in [4.78, 5) is 12.7. The zero-order valence-corrected chi connectivity index (χ0v) is 17.2. The molecule has 1 aliphatic rings. The molecular weight excluding hydrogens is 398 g/mol. The molecule has 0 bridgehead atoms. The van der Waals surface area contributed by atoms with Gasteiger partial charge < -0.3 is 5.32 Å². The number of halogens is 2. The van der Waals surface area contributed by atoms with Gasteiger partial charge in [0.2, 0.25) is 10.0 Å². The fourth-order valence-electron chi connectivity index (χ4n) is 3.57. The summed E-state index contributed by atoms with van der Waals surface area (Å²) in [5.41, 5.74) is 0.302. The minimum atomic E-state index is -3.71. The highest BCUT2D eigenvalue weighted by Gasteiger charge is 2.31. The largest absolute Gasteiger partial charge is 0.345 e. The molecule has 3 rings (SSSR count). The third-order valence-corrected chi connectivity index (χ3v) is 7.23. The summed E-state index contributed by atoms with van der Waals surface area (Å²) in [5.74, 6) is -1.99. The minimum Gasteiger partial charge on any atom is -0.345 e. The quantitative estimate of drug-likeness (QED) is 0.792. The summed E-state index contributed by atoms with van der Waals surface area (Å²) in [6, 6.07) is 8.16. The molecule has 2 aromatic rings. The average Bonchev–Trinajstić information content (AvgIpc) is 2.68. The van der Waals surface area contributed by atoms with Crippen LogP contribution < -0.4 is 5.32 Å². The number of carbonyl (C=O) groups is 1. The number of nitrogens with zero attached hydrogens (tertiary/aromatic N) is 1. The van der Waals surface area contributed by atoms with Gasteiger partial charge in [-0.1, -0.05) is 18.6 Å². The molecule has 1 saturated heterocycles. The number of hydrogen-bond donors (Lipinski definition) is 1. The van der Waals surface area contributed by atoms with E-state index >= 15 is 0 Å². The van der Waals surface area contributed by atoms with Crippen molar-refractivity contribution in [3.05, 3.63) is 65.2 Å². The molecule has 5 nitrogen and oxygen atoms in total. The van der Waals surface area contributed by atoms with E-state index in [-0.39, 0.29) is 22.1 Å². The lowest BCUT2D eigenvalue weighted by Gasteiger charge is -2.32. The number of carbonyl (C=O) groups excluding carboxylic acids is 1. The fraction of sp³-hybridized carbons (Fsp3) is 0.381. The highest BCUT2D eigenvalue weighted by Crippen LogP contribution is 2.26. The van der Waals surface area contributed by atoms with E-state index in [1.807, 2.05) is 6.92 Å². The Morgan fingerprint density at radius 1 is 1.17 bits per heavy atom. The summed E-state index contributed by atoms with van der Waals surface area (Å²) in [6.45, 7) is 3.91. The Bertz CT molecular complexity index is 1010. The summed E-state index contributed by atoms with van der Waals surface area (Å²) in [7, 11) is -3.71. The molecule has 0 aliphatic carbocycles. The number of benzene rings is 2. The van der Waals surface area contributed by atoms with Gasteiger partial charge in [-0.15, -0.1) is 0 Å². The van der Waals surface area contributed by atoms with Gasteiger partial charge in [0.15, 0.2) is 0 Å². The van der Waals surface area contributed by atoms with E-state index < -0.39 is 33.6 Å². The van der Waals surface area contributed by atoms with Crippen LogP contribution in [-0.4, -0.2) is 31.2 Å². The van der Waals surface area contributed by atoms with Crippen molar-refractivity contribution in [1.82, 2.24) is 9.62 Å². The van der Waals surface area contributed by atoms with Crippen molar-refractivity contribution in [2.45, 2.75) is 50.1 Å². The Kier molecular flexibility index (Phi) is 6.33. The van der Waals surface area contributed by atoms with E-state index in [0.29, 0.717) is 6.54 Å². The monoisotopic (exact) mass is 422 g/mol. The van der Waals surface area contributed by atoms with Crippen molar-refractivity contribution in [2.75, 3.05) is 6.54 Å². The topological polar surface area (TPSA) is 66.5 Å². The molecule has 0 radical (unpaired) electrons. The van der Waals surface area contributed by atoms with Crippen LogP contribution in [-0.2, 0) is 10.0 Å². The normalized spacial score (nSPS) is 19.0. The number of hydrogen-bond acceptors (Lipinski definition) is 3. The Hall–Kier alpha value is -2.32. The van der Waals surface area contributed by atoms with Gasteiger partial charge in [-0.3, -0.25) is 4.79 Å². The highest BCUT2D eigenvalue weighted by atomic mass is 32.2. The van der Waals surface area contributed by atoms with Gasteiger partial charge in [0.25, 0.3) is 5.91 Å². The molecule has 156 valence electrons. The second-order valence-electron chi connectivity index (χ2n) is 7.35. The van der Waals surface area contributed by atoms with E-state index in [1.165, 1.54) is 34.6 Å². The second kappa shape index (κ2) is 8.59. The lowest BCUT2D eigenvalue weighted by Crippen LogP contribution is -2.42. The van der Waals surface area contributed by atoms with Crippen molar-refractivity contribution in [2.24, 2.45) is 0 Å². The van der Waals surface area contributed by atoms with Gasteiger partial charge >= 0.3 is 0 Å². The Labute approximate surface area is 169 Å². The average molecular weight is 422 g/mol. The van der Waals surface area contributed by atoms with Crippen molar-refractivity contribution < 1.29 is 22.0 Å². The van der Waals surface area contributed by atoms with E-state index in [1.54, 1.807) is 6.92 Å². The third-order valence-electron chi connectivity index (χ3n) is 5.22. The summed E-state index contributed by atoms with van der Waals surface area (Å²) in [5, 5.41) is 2.63. The molecule has 1 N–H and O–H groups in total. The second-order valence-corrected chi connectivity index (χ2v) is 9.24. The van der Waals surface area contributed by atoms with E-state index in [0.717, 1.165) is 31.4 Å². The Morgan fingerprint density at radius 3 is 2.62 bits per heavy atom. The predicted molar refractivity (Wildman–Crippen MR) is 106 cm³/mol. The van der Waals surface area contributed by atoms with Crippen molar-refractivity contribution in [1.29, 1.82) is 0 Å². The molecule has 2 aromatic carbocycles. The molecule has 1 fully saturated rings. The highest BCUT2D eigenvalue weighted by molar-refractivity contribution is 7.89. The van der Waals surface area contributed by atoms with Crippen LogP contribution >= 0.6 is 0 Å². The number of sulfonamides is 1. The van der Waals surface area contributed by atoms with Crippen LogP contribution in [0, 0.1) is 11.6 Å². The molecular formula is C21H24F2N2O3S. The lowest BCUT2D eigenvalue weighted by atomic mass is 10.1. The van der Waals surface area contributed by atoms with Crippen molar-refractivity contribution in [3.8, 4) is 0 Å². The molecule has 0 spiro atoms.